The van der Waals surface area contributed by atoms with Crippen molar-refractivity contribution in [1.29, 1.82) is 5.26 Å². The fraction of sp³-hybridized carbons (Fsp3) is 0.538. The maximum atomic E-state index is 11.7. The highest BCUT2D eigenvalue weighted by Gasteiger charge is 2.20. The molecular weight excluding hydrogens is 290 g/mol. The van der Waals surface area contributed by atoms with Gasteiger partial charge in [0.2, 0.25) is 0 Å². The summed E-state index contributed by atoms with van der Waals surface area (Å²) in [7, 11) is 1.54. The fourth-order valence-electron chi connectivity index (χ4n) is 2.11. The Morgan fingerprint density at radius 3 is 2.86 bits per heavy atom. The minimum absolute atomic E-state index is 0.246. The Balaban J connectivity index is 1.99. The molecule has 0 unspecified atom stereocenters. The second-order valence-corrected chi connectivity index (χ2v) is 5.64. The van der Waals surface area contributed by atoms with Crippen LogP contribution in [-0.4, -0.2) is 57.2 Å². The van der Waals surface area contributed by atoms with Crippen molar-refractivity contribution in [3.05, 3.63) is 10.4 Å². The molecule has 8 heteroatoms. The first-order valence-corrected chi connectivity index (χ1v) is 7.57. The molecule has 0 bridgehead atoms. The van der Waals surface area contributed by atoms with Crippen LogP contribution in [0.4, 0.5) is 10.7 Å². The number of nitrogens with two attached hydrogens (primary N) is 1. The number of hydrogen-bond donors (Lipinski definition) is 3. The van der Waals surface area contributed by atoms with Crippen LogP contribution in [0.5, 0.6) is 0 Å². The predicted octanol–water partition coefficient (Wildman–Crippen LogP) is 0.306. The molecule has 1 amide bonds. The Hall–Kier alpha value is -1.82. The Kier molecular flexibility index (Phi) is 5.38. The number of anilines is 2. The number of ether oxygens (including phenoxy) is 1. The van der Waals surface area contributed by atoms with E-state index >= 15 is 0 Å². The van der Waals surface area contributed by atoms with E-state index in [0.717, 1.165) is 32.8 Å². The maximum Gasteiger partial charge on any atom is 0.263 e. The van der Waals surface area contributed by atoms with Gasteiger partial charge in [0.25, 0.3) is 5.91 Å². The van der Waals surface area contributed by atoms with Gasteiger partial charge in [-0.05, 0) is 0 Å². The van der Waals surface area contributed by atoms with Gasteiger partial charge in [-0.3, -0.25) is 9.69 Å². The number of carbonyl (C=O) groups is 1. The third-order valence-corrected chi connectivity index (χ3v) is 4.47. The van der Waals surface area contributed by atoms with Gasteiger partial charge in [-0.15, -0.1) is 11.3 Å². The van der Waals surface area contributed by atoms with Crippen molar-refractivity contribution in [2.45, 2.75) is 0 Å². The number of carbonyl (C=O) groups excluding carboxylic acids is 1. The van der Waals surface area contributed by atoms with Crippen LogP contribution in [0.3, 0.4) is 0 Å². The molecule has 1 aliphatic rings. The maximum absolute atomic E-state index is 11.7. The van der Waals surface area contributed by atoms with Crippen LogP contribution < -0.4 is 16.4 Å². The molecule has 0 aliphatic carbocycles. The summed E-state index contributed by atoms with van der Waals surface area (Å²) in [5.41, 5.74) is 6.46. The smallest absolute Gasteiger partial charge is 0.263 e. The molecule has 0 spiro atoms. The van der Waals surface area contributed by atoms with Crippen LogP contribution >= 0.6 is 11.3 Å². The summed E-state index contributed by atoms with van der Waals surface area (Å²) in [5, 5.41) is 15.6. The van der Waals surface area contributed by atoms with Crippen LogP contribution in [-0.2, 0) is 4.74 Å². The lowest BCUT2D eigenvalue weighted by atomic mass is 10.2. The number of nitrogens with zero attached hydrogens (tertiary/aromatic N) is 2. The summed E-state index contributed by atoms with van der Waals surface area (Å²) in [6, 6.07) is 2.06. The normalized spacial score (nSPS) is 15.4. The minimum atomic E-state index is -0.268. The zero-order valence-electron chi connectivity index (χ0n) is 11.9. The lowest BCUT2D eigenvalue weighted by Crippen LogP contribution is -2.38. The van der Waals surface area contributed by atoms with Gasteiger partial charge >= 0.3 is 0 Å². The molecule has 0 atom stereocenters. The zero-order valence-corrected chi connectivity index (χ0v) is 12.8. The van der Waals surface area contributed by atoms with Crippen molar-refractivity contribution in [3.8, 4) is 6.07 Å². The summed E-state index contributed by atoms with van der Waals surface area (Å²) in [4.78, 5) is 14.4. The average molecular weight is 309 g/mol. The number of morpholine rings is 1. The molecule has 0 radical (unpaired) electrons. The largest absolute Gasteiger partial charge is 0.396 e. The molecule has 21 heavy (non-hydrogen) atoms. The van der Waals surface area contributed by atoms with E-state index in [9.17, 15) is 10.1 Å². The van der Waals surface area contributed by atoms with Crippen molar-refractivity contribution >= 4 is 27.9 Å². The molecule has 2 rings (SSSR count). The highest BCUT2D eigenvalue weighted by atomic mass is 32.1. The van der Waals surface area contributed by atoms with Gasteiger partial charge in [0.05, 0.1) is 18.9 Å². The summed E-state index contributed by atoms with van der Waals surface area (Å²) in [5.74, 6) is -0.268. The molecule has 114 valence electrons. The third kappa shape index (κ3) is 3.64. The van der Waals surface area contributed by atoms with E-state index in [2.05, 4.69) is 21.6 Å². The van der Waals surface area contributed by atoms with Crippen LogP contribution in [0.15, 0.2) is 0 Å². The number of thiophene rings is 1. The first-order chi connectivity index (χ1) is 10.2. The number of amides is 1. The monoisotopic (exact) mass is 309 g/mol. The van der Waals surface area contributed by atoms with Crippen LogP contribution in [0.1, 0.15) is 15.2 Å². The second kappa shape index (κ2) is 7.26. The Morgan fingerprint density at radius 2 is 2.24 bits per heavy atom. The van der Waals surface area contributed by atoms with Gasteiger partial charge < -0.3 is 21.1 Å². The van der Waals surface area contributed by atoms with Crippen molar-refractivity contribution < 1.29 is 9.53 Å². The molecular formula is C13H19N5O2S. The quantitative estimate of drug-likeness (QED) is 0.723. The minimum Gasteiger partial charge on any atom is -0.396 e. The zero-order chi connectivity index (χ0) is 15.2. The number of hydrogen-bond acceptors (Lipinski definition) is 7. The molecule has 1 saturated heterocycles. The van der Waals surface area contributed by atoms with E-state index in [0.29, 0.717) is 22.0 Å². The summed E-state index contributed by atoms with van der Waals surface area (Å²) in [6.07, 6.45) is 0. The Bertz CT molecular complexity index is 545. The van der Waals surface area contributed by atoms with Crippen LogP contribution in [0.25, 0.3) is 0 Å². The van der Waals surface area contributed by atoms with E-state index in [1.165, 1.54) is 11.3 Å². The second-order valence-electron chi connectivity index (χ2n) is 4.62. The van der Waals surface area contributed by atoms with Gasteiger partial charge in [-0.1, -0.05) is 0 Å². The number of nitrogen functional groups attached to an aromatic ring is 1. The molecule has 7 nitrogen and oxygen atoms in total. The standard InChI is InChI=1S/C13H19N5O2S/c1-16-12(19)11-10(15)9(8-14)13(21-11)17-2-3-18-4-6-20-7-5-18/h17H,2-7,15H2,1H3,(H,16,19). The Labute approximate surface area is 127 Å². The molecule has 2 heterocycles. The van der Waals surface area contributed by atoms with Gasteiger partial charge in [0, 0.05) is 33.2 Å². The van der Waals surface area contributed by atoms with E-state index in [1.54, 1.807) is 7.05 Å². The summed E-state index contributed by atoms with van der Waals surface area (Å²) >= 11 is 1.22. The molecule has 1 fully saturated rings. The average Bonchev–Trinajstić information content (AvgIpc) is 2.83. The third-order valence-electron chi connectivity index (χ3n) is 3.31. The van der Waals surface area contributed by atoms with Crippen LogP contribution in [0.2, 0.25) is 0 Å². The number of nitriles is 1. The molecule has 1 aromatic rings. The van der Waals surface area contributed by atoms with Gasteiger partial charge in [-0.25, -0.2) is 0 Å². The SMILES string of the molecule is CNC(=O)c1sc(NCCN2CCOCC2)c(C#N)c1N. The highest BCUT2D eigenvalue weighted by molar-refractivity contribution is 7.18. The van der Waals surface area contributed by atoms with E-state index in [1.807, 2.05) is 0 Å². The lowest BCUT2D eigenvalue weighted by molar-refractivity contribution is 0.0398. The van der Waals surface area contributed by atoms with Crippen LogP contribution in [0, 0.1) is 11.3 Å². The highest BCUT2D eigenvalue weighted by Crippen LogP contribution is 2.34. The van der Waals surface area contributed by atoms with Gasteiger partial charge in [0.1, 0.15) is 21.5 Å². The fourth-order valence-corrected chi connectivity index (χ4v) is 3.16. The van der Waals surface area contributed by atoms with E-state index in [-0.39, 0.29) is 11.6 Å². The molecule has 1 aromatic heterocycles. The first kappa shape index (κ1) is 15.6. The number of rotatable bonds is 5. The van der Waals surface area contributed by atoms with Crippen molar-refractivity contribution in [2.24, 2.45) is 0 Å². The predicted molar refractivity (Wildman–Crippen MR) is 82.6 cm³/mol. The first-order valence-electron chi connectivity index (χ1n) is 6.75. The van der Waals surface area contributed by atoms with Crippen molar-refractivity contribution in [1.82, 2.24) is 10.2 Å². The number of nitrogens with one attached hydrogen (secondary N) is 2. The van der Waals surface area contributed by atoms with Crippen molar-refractivity contribution in [2.75, 3.05) is 57.5 Å². The van der Waals surface area contributed by atoms with Gasteiger partial charge in [0.15, 0.2) is 0 Å². The molecule has 0 aromatic carbocycles. The molecule has 4 N–H and O–H groups in total. The van der Waals surface area contributed by atoms with E-state index in [4.69, 9.17) is 10.5 Å². The lowest BCUT2D eigenvalue weighted by Gasteiger charge is -2.26. The van der Waals surface area contributed by atoms with Crippen molar-refractivity contribution in [3.63, 3.8) is 0 Å². The van der Waals surface area contributed by atoms with Gasteiger partial charge in [-0.2, -0.15) is 5.26 Å². The summed E-state index contributed by atoms with van der Waals surface area (Å²) < 4.78 is 5.29. The molecule has 1 aliphatic heterocycles. The molecule has 0 saturated carbocycles. The van der Waals surface area contributed by atoms with E-state index < -0.39 is 0 Å². The summed E-state index contributed by atoms with van der Waals surface area (Å²) in [6.45, 7) is 4.92. The Morgan fingerprint density at radius 1 is 1.52 bits per heavy atom. The topological polar surface area (TPSA) is 103 Å².